The average Bonchev–Trinajstić information content (AvgIpc) is 2.95. The lowest BCUT2D eigenvalue weighted by atomic mass is 10.1. The molecule has 6 nitrogen and oxygen atoms in total. The summed E-state index contributed by atoms with van der Waals surface area (Å²) in [6, 6.07) is 0.404. The maximum atomic E-state index is 11.0. The summed E-state index contributed by atoms with van der Waals surface area (Å²) < 4.78 is 1.83. The zero-order chi connectivity index (χ0) is 10.4. The molecule has 6 heteroatoms. The molecule has 0 saturated heterocycles. The number of carbonyl (C=O) groups excluding carboxylic acids is 1. The first kappa shape index (κ1) is 8.70. The van der Waals surface area contributed by atoms with Gasteiger partial charge in [0.15, 0.2) is 0 Å². The molecule has 15 heavy (non-hydrogen) atoms. The van der Waals surface area contributed by atoms with E-state index in [2.05, 4.69) is 15.4 Å². The van der Waals surface area contributed by atoms with Gasteiger partial charge in [-0.15, -0.1) is 5.10 Å². The van der Waals surface area contributed by atoms with Crippen molar-refractivity contribution in [2.75, 3.05) is 11.9 Å². The van der Waals surface area contributed by atoms with E-state index in [4.69, 9.17) is 5.73 Å². The van der Waals surface area contributed by atoms with Gasteiger partial charge in [0, 0.05) is 6.54 Å². The maximum absolute atomic E-state index is 11.0. The van der Waals surface area contributed by atoms with E-state index in [1.807, 2.05) is 4.68 Å². The van der Waals surface area contributed by atoms with E-state index in [0.29, 0.717) is 17.9 Å². The van der Waals surface area contributed by atoms with Gasteiger partial charge in [0.1, 0.15) is 0 Å². The summed E-state index contributed by atoms with van der Waals surface area (Å²) >= 11 is 0. The van der Waals surface area contributed by atoms with Gasteiger partial charge in [0.25, 0.3) is 5.91 Å². The number of primary amides is 1. The number of hydrogen-bond donors (Lipinski definition) is 2. The molecule has 2 heterocycles. The summed E-state index contributed by atoms with van der Waals surface area (Å²) in [5.74, 6) is 0.957. The molecule has 80 valence electrons. The van der Waals surface area contributed by atoms with Crippen molar-refractivity contribution in [1.82, 2.24) is 14.8 Å². The van der Waals surface area contributed by atoms with Gasteiger partial charge in [-0.2, -0.15) is 4.98 Å². The summed E-state index contributed by atoms with van der Waals surface area (Å²) in [7, 11) is 0. The van der Waals surface area contributed by atoms with Crippen LogP contribution in [-0.4, -0.2) is 27.2 Å². The molecular weight excluding hydrogens is 194 g/mol. The number of hydrogen-bond acceptors (Lipinski definition) is 4. The Morgan fingerprint density at radius 1 is 1.47 bits per heavy atom. The molecule has 1 amide bonds. The van der Waals surface area contributed by atoms with Gasteiger partial charge >= 0.3 is 0 Å². The number of anilines is 1. The summed E-state index contributed by atoms with van der Waals surface area (Å²) in [5.41, 5.74) is 5.16. The van der Waals surface area contributed by atoms with Crippen molar-refractivity contribution in [3.05, 3.63) is 5.82 Å². The largest absolute Gasteiger partial charge is 0.363 e. The Balaban J connectivity index is 1.98. The first-order valence-electron chi connectivity index (χ1n) is 5.26. The Morgan fingerprint density at radius 2 is 2.27 bits per heavy atom. The van der Waals surface area contributed by atoms with Gasteiger partial charge < -0.3 is 11.1 Å². The first-order valence-corrected chi connectivity index (χ1v) is 5.26. The van der Waals surface area contributed by atoms with Crippen molar-refractivity contribution in [2.45, 2.75) is 25.3 Å². The van der Waals surface area contributed by atoms with Crippen LogP contribution in [0.15, 0.2) is 0 Å². The highest BCUT2D eigenvalue weighted by Crippen LogP contribution is 2.43. The molecule has 2 aliphatic rings. The highest BCUT2D eigenvalue weighted by molar-refractivity contribution is 5.89. The van der Waals surface area contributed by atoms with Crippen LogP contribution in [0.1, 0.15) is 35.9 Å². The average molecular weight is 207 g/mol. The molecule has 0 bridgehead atoms. The standard InChI is InChI=1S/C9H13N5O/c10-7(15)8-12-9-11-4-3-6(5-1-2-5)14(9)13-8/h5-6H,1-4H2,(H2,10,15)(H,11,12,13). The SMILES string of the molecule is NC(=O)c1nc2n(n1)C(C1CC1)CCN2. The monoisotopic (exact) mass is 207 g/mol. The lowest BCUT2D eigenvalue weighted by molar-refractivity contribution is 0.0990. The van der Waals surface area contributed by atoms with Gasteiger partial charge in [0.2, 0.25) is 11.8 Å². The van der Waals surface area contributed by atoms with E-state index in [0.717, 1.165) is 13.0 Å². The molecular formula is C9H13N5O. The second-order valence-corrected chi connectivity index (χ2v) is 4.19. The predicted molar refractivity (Wildman–Crippen MR) is 53.4 cm³/mol. The minimum Gasteiger partial charge on any atom is -0.363 e. The third kappa shape index (κ3) is 1.36. The normalized spacial score (nSPS) is 24.4. The molecule has 1 aliphatic carbocycles. The number of nitrogens with zero attached hydrogens (tertiary/aromatic N) is 3. The van der Waals surface area contributed by atoms with E-state index < -0.39 is 5.91 Å². The van der Waals surface area contributed by atoms with Crippen LogP contribution in [0.2, 0.25) is 0 Å². The minimum atomic E-state index is -0.562. The molecule has 0 radical (unpaired) electrons. The number of fused-ring (bicyclic) bond motifs is 1. The zero-order valence-electron chi connectivity index (χ0n) is 8.31. The minimum absolute atomic E-state index is 0.116. The molecule has 1 unspecified atom stereocenters. The fraction of sp³-hybridized carbons (Fsp3) is 0.667. The number of aromatic nitrogens is 3. The van der Waals surface area contributed by atoms with E-state index in [-0.39, 0.29) is 5.82 Å². The fourth-order valence-electron chi connectivity index (χ4n) is 2.15. The Labute approximate surface area is 86.9 Å². The predicted octanol–water partition coefficient (Wildman–Crippen LogP) is 0.144. The molecule has 1 atom stereocenters. The van der Waals surface area contributed by atoms with Crippen LogP contribution >= 0.6 is 0 Å². The zero-order valence-corrected chi connectivity index (χ0v) is 8.31. The van der Waals surface area contributed by atoms with Gasteiger partial charge in [-0.1, -0.05) is 0 Å². The quantitative estimate of drug-likeness (QED) is 0.722. The van der Waals surface area contributed by atoms with Crippen LogP contribution in [0, 0.1) is 5.92 Å². The van der Waals surface area contributed by atoms with Crippen molar-refractivity contribution >= 4 is 11.9 Å². The molecule has 1 fully saturated rings. The summed E-state index contributed by atoms with van der Waals surface area (Å²) in [5, 5.41) is 7.29. The first-order chi connectivity index (χ1) is 7.25. The summed E-state index contributed by atoms with van der Waals surface area (Å²) in [4.78, 5) is 15.0. The molecule has 3 N–H and O–H groups in total. The summed E-state index contributed by atoms with van der Waals surface area (Å²) in [6.07, 6.45) is 3.57. The lowest BCUT2D eigenvalue weighted by Crippen LogP contribution is -2.25. The highest BCUT2D eigenvalue weighted by Gasteiger charge is 2.36. The molecule has 1 aromatic heterocycles. The van der Waals surface area contributed by atoms with E-state index in [1.54, 1.807) is 0 Å². The second-order valence-electron chi connectivity index (χ2n) is 4.19. The lowest BCUT2D eigenvalue weighted by Gasteiger charge is -2.23. The van der Waals surface area contributed by atoms with E-state index >= 15 is 0 Å². The van der Waals surface area contributed by atoms with Crippen LogP contribution in [0.4, 0.5) is 5.95 Å². The molecule has 1 saturated carbocycles. The highest BCUT2D eigenvalue weighted by atomic mass is 16.1. The molecule has 3 rings (SSSR count). The van der Waals surface area contributed by atoms with E-state index in [1.165, 1.54) is 12.8 Å². The van der Waals surface area contributed by atoms with Gasteiger partial charge in [-0.05, 0) is 25.2 Å². The topological polar surface area (TPSA) is 85.8 Å². The fourth-order valence-corrected chi connectivity index (χ4v) is 2.15. The van der Waals surface area contributed by atoms with Crippen molar-refractivity contribution < 1.29 is 4.79 Å². The van der Waals surface area contributed by atoms with Gasteiger partial charge in [-0.3, -0.25) is 4.79 Å². The van der Waals surface area contributed by atoms with Crippen molar-refractivity contribution in [1.29, 1.82) is 0 Å². The van der Waals surface area contributed by atoms with Crippen LogP contribution in [0.25, 0.3) is 0 Å². The smallest absolute Gasteiger partial charge is 0.288 e. The number of amides is 1. The number of nitrogens with one attached hydrogen (secondary N) is 1. The molecule has 1 aliphatic heterocycles. The van der Waals surface area contributed by atoms with Crippen LogP contribution < -0.4 is 11.1 Å². The van der Waals surface area contributed by atoms with Crippen molar-refractivity contribution in [3.63, 3.8) is 0 Å². The van der Waals surface area contributed by atoms with Gasteiger partial charge in [-0.25, -0.2) is 4.68 Å². The molecule has 0 aromatic carbocycles. The van der Waals surface area contributed by atoms with Crippen LogP contribution in [0.3, 0.4) is 0 Å². The molecule has 1 aromatic rings. The summed E-state index contributed by atoms with van der Waals surface area (Å²) in [6.45, 7) is 0.901. The van der Waals surface area contributed by atoms with Gasteiger partial charge in [0.05, 0.1) is 6.04 Å². The molecule has 0 spiro atoms. The maximum Gasteiger partial charge on any atom is 0.288 e. The van der Waals surface area contributed by atoms with Crippen molar-refractivity contribution in [2.24, 2.45) is 11.7 Å². The number of nitrogens with two attached hydrogens (primary N) is 1. The number of rotatable bonds is 2. The Kier molecular flexibility index (Phi) is 1.71. The Bertz CT molecular complexity index is 409. The number of carbonyl (C=O) groups is 1. The van der Waals surface area contributed by atoms with Crippen molar-refractivity contribution in [3.8, 4) is 0 Å². The third-order valence-electron chi connectivity index (χ3n) is 3.06. The van der Waals surface area contributed by atoms with Crippen LogP contribution in [-0.2, 0) is 0 Å². The third-order valence-corrected chi connectivity index (χ3v) is 3.06. The van der Waals surface area contributed by atoms with E-state index in [9.17, 15) is 4.79 Å². The Hall–Kier alpha value is -1.59. The van der Waals surface area contributed by atoms with Crippen LogP contribution in [0.5, 0.6) is 0 Å². The second kappa shape index (κ2) is 2.95. The Morgan fingerprint density at radius 3 is 2.93 bits per heavy atom.